The SMILES string of the molecule is C=CC(=O)CCC1CCCN(C(=O)OC(C)(C)C)C1. The minimum atomic E-state index is -0.456. The highest BCUT2D eigenvalue weighted by molar-refractivity contribution is 5.88. The van der Waals surface area contributed by atoms with Crippen LogP contribution >= 0.6 is 0 Å². The zero-order valence-electron chi connectivity index (χ0n) is 12.3. The number of carbonyl (C=O) groups excluding carboxylic acids is 2. The van der Waals surface area contributed by atoms with Crippen molar-refractivity contribution < 1.29 is 14.3 Å². The van der Waals surface area contributed by atoms with Gasteiger partial charge in [-0.3, -0.25) is 4.79 Å². The lowest BCUT2D eigenvalue weighted by Gasteiger charge is -2.34. The van der Waals surface area contributed by atoms with E-state index < -0.39 is 5.60 Å². The van der Waals surface area contributed by atoms with Crippen LogP contribution in [0.2, 0.25) is 0 Å². The van der Waals surface area contributed by atoms with E-state index in [1.807, 2.05) is 20.8 Å². The summed E-state index contributed by atoms with van der Waals surface area (Å²) < 4.78 is 5.38. The largest absolute Gasteiger partial charge is 0.444 e. The summed E-state index contributed by atoms with van der Waals surface area (Å²) in [7, 11) is 0. The third-order valence-electron chi connectivity index (χ3n) is 3.20. The summed E-state index contributed by atoms with van der Waals surface area (Å²) in [4.78, 5) is 25.0. The Bertz CT molecular complexity index is 344. The third-order valence-corrected chi connectivity index (χ3v) is 3.20. The molecule has 1 heterocycles. The van der Waals surface area contributed by atoms with Gasteiger partial charge in [-0.15, -0.1) is 0 Å². The lowest BCUT2D eigenvalue weighted by atomic mass is 9.93. The third kappa shape index (κ3) is 5.90. The summed E-state index contributed by atoms with van der Waals surface area (Å²) in [5, 5.41) is 0. The molecular weight excluding hydrogens is 242 g/mol. The Kier molecular flexibility index (Phi) is 5.58. The molecule has 4 nitrogen and oxygen atoms in total. The van der Waals surface area contributed by atoms with Gasteiger partial charge in [-0.05, 0) is 52.0 Å². The van der Waals surface area contributed by atoms with Crippen LogP contribution in [0.1, 0.15) is 46.5 Å². The summed E-state index contributed by atoms with van der Waals surface area (Å²) in [5.41, 5.74) is -0.456. The fourth-order valence-corrected chi connectivity index (χ4v) is 2.24. The zero-order valence-corrected chi connectivity index (χ0v) is 12.3. The number of allylic oxidation sites excluding steroid dienone is 1. The van der Waals surface area contributed by atoms with Gasteiger partial charge in [0.25, 0.3) is 0 Å². The zero-order chi connectivity index (χ0) is 14.5. The van der Waals surface area contributed by atoms with Crippen molar-refractivity contribution in [3.8, 4) is 0 Å². The second-order valence-electron chi connectivity index (χ2n) is 6.14. The molecule has 19 heavy (non-hydrogen) atoms. The van der Waals surface area contributed by atoms with E-state index in [1.165, 1.54) is 6.08 Å². The summed E-state index contributed by atoms with van der Waals surface area (Å²) >= 11 is 0. The maximum atomic E-state index is 12.0. The van der Waals surface area contributed by atoms with Crippen LogP contribution in [0.4, 0.5) is 4.79 Å². The lowest BCUT2D eigenvalue weighted by Crippen LogP contribution is -2.42. The fourth-order valence-electron chi connectivity index (χ4n) is 2.24. The number of hydrogen-bond donors (Lipinski definition) is 0. The van der Waals surface area contributed by atoms with Crippen LogP contribution in [-0.4, -0.2) is 35.5 Å². The smallest absolute Gasteiger partial charge is 0.410 e. The van der Waals surface area contributed by atoms with E-state index in [1.54, 1.807) is 4.90 Å². The fraction of sp³-hybridized carbons (Fsp3) is 0.733. The van der Waals surface area contributed by atoms with Crippen LogP contribution in [-0.2, 0) is 9.53 Å². The van der Waals surface area contributed by atoms with Crippen molar-refractivity contribution in [1.29, 1.82) is 0 Å². The maximum absolute atomic E-state index is 12.0. The van der Waals surface area contributed by atoms with Crippen molar-refractivity contribution >= 4 is 11.9 Å². The molecule has 0 spiro atoms. The van der Waals surface area contributed by atoms with Crippen LogP contribution in [0.3, 0.4) is 0 Å². The average molecular weight is 267 g/mol. The van der Waals surface area contributed by atoms with Crippen molar-refractivity contribution in [3.63, 3.8) is 0 Å². The number of ether oxygens (including phenoxy) is 1. The topological polar surface area (TPSA) is 46.6 Å². The minimum absolute atomic E-state index is 0.0781. The van der Waals surface area contributed by atoms with Gasteiger partial charge in [0.1, 0.15) is 5.60 Å². The van der Waals surface area contributed by atoms with Crippen molar-refractivity contribution in [3.05, 3.63) is 12.7 Å². The number of rotatable bonds is 4. The summed E-state index contributed by atoms with van der Waals surface area (Å²) in [6.45, 7) is 10.5. The Balaban J connectivity index is 2.43. The standard InChI is InChI=1S/C15H25NO3/c1-5-13(17)9-8-12-7-6-10-16(11-12)14(18)19-15(2,3)4/h5,12H,1,6-11H2,2-4H3. The van der Waals surface area contributed by atoms with Crippen molar-refractivity contribution in [2.45, 2.75) is 52.1 Å². The first-order chi connectivity index (χ1) is 8.81. The molecule has 0 aromatic heterocycles. The normalized spacial score (nSPS) is 19.9. The van der Waals surface area contributed by atoms with Gasteiger partial charge in [0.2, 0.25) is 0 Å². The molecule has 1 amide bonds. The Labute approximate surface area is 115 Å². The number of amides is 1. The predicted molar refractivity (Wildman–Crippen MR) is 75.0 cm³/mol. The molecule has 1 aliphatic rings. The van der Waals surface area contributed by atoms with Gasteiger partial charge in [0, 0.05) is 19.5 Å². The summed E-state index contributed by atoms with van der Waals surface area (Å²) in [5.74, 6) is 0.472. The molecule has 0 radical (unpaired) electrons. The monoisotopic (exact) mass is 267 g/mol. The highest BCUT2D eigenvalue weighted by atomic mass is 16.6. The molecule has 1 aliphatic heterocycles. The Morgan fingerprint density at radius 3 is 2.68 bits per heavy atom. The molecule has 1 saturated heterocycles. The predicted octanol–water partition coefficient (Wildman–Crippen LogP) is 3.17. The van der Waals surface area contributed by atoms with Crippen LogP contribution in [0.15, 0.2) is 12.7 Å². The molecule has 0 aromatic carbocycles. The second-order valence-corrected chi connectivity index (χ2v) is 6.14. The Hall–Kier alpha value is -1.32. The van der Waals surface area contributed by atoms with Crippen molar-refractivity contribution in [2.24, 2.45) is 5.92 Å². The first-order valence-electron chi connectivity index (χ1n) is 6.95. The van der Waals surface area contributed by atoms with Crippen LogP contribution in [0.25, 0.3) is 0 Å². The van der Waals surface area contributed by atoms with E-state index in [0.717, 1.165) is 25.8 Å². The quantitative estimate of drug-likeness (QED) is 0.735. The van der Waals surface area contributed by atoms with E-state index in [0.29, 0.717) is 18.9 Å². The highest BCUT2D eigenvalue weighted by Gasteiger charge is 2.27. The van der Waals surface area contributed by atoms with Gasteiger partial charge in [-0.2, -0.15) is 0 Å². The van der Waals surface area contributed by atoms with E-state index in [-0.39, 0.29) is 11.9 Å². The van der Waals surface area contributed by atoms with E-state index in [2.05, 4.69) is 6.58 Å². The molecule has 0 aromatic rings. The summed E-state index contributed by atoms with van der Waals surface area (Å²) in [6, 6.07) is 0. The molecule has 108 valence electrons. The molecule has 4 heteroatoms. The lowest BCUT2D eigenvalue weighted by molar-refractivity contribution is -0.114. The summed E-state index contributed by atoms with van der Waals surface area (Å²) in [6.07, 6.45) is 4.53. The molecule has 0 saturated carbocycles. The number of carbonyl (C=O) groups is 2. The van der Waals surface area contributed by atoms with Gasteiger partial charge in [-0.25, -0.2) is 4.79 Å². The molecule has 0 N–H and O–H groups in total. The van der Waals surface area contributed by atoms with Crippen LogP contribution < -0.4 is 0 Å². The number of hydrogen-bond acceptors (Lipinski definition) is 3. The van der Waals surface area contributed by atoms with Crippen LogP contribution in [0.5, 0.6) is 0 Å². The average Bonchev–Trinajstić information content (AvgIpc) is 2.34. The van der Waals surface area contributed by atoms with Gasteiger partial charge in [0.15, 0.2) is 5.78 Å². The van der Waals surface area contributed by atoms with E-state index in [4.69, 9.17) is 4.74 Å². The number of likely N-dealkylation sites (tertiary alicyclic amines) is 1. The number of nitrogens with zero attached hydrogens (tertiary/aromatic N) is 1. The number of ketones is 1. The Morgan fingerprint density at radius 2 is 2.11 bits per heavy atom. The number of piperidine rings is 1. The molecule has 1 unspecified atom stereocenters. The van der Waals surface area contributed by atoms with Gasteiger partial charge in [-0.1, -0.05) is 6.58 Å². The molecule has 0 bridgehead atoms. The van der Waals surface area contributed by atoms with Crippen LogP contribution in [0, 0.1) is 5.92 Å². The Morgan fingerprint density at radius 1 is 1.42 bits per heavy atom. The van der Waals surface area contributed by atoms with Gasteiger partial charge >= 0.3 is 6.09 Å². The molecule has 1 rings (SSSR count). The maximum Gasteiger partial charge on any atom is 0.410 e. The highest BCUT2D eigenvalue weighted by Crippen LogP contribution is 2.22. The minimum Gasteiger partial charge on any atom is -0.444 e. The molecule has 1 atom stereocenters. The van der Waals surface area contributed by atoms with Gasteiger partial charge in [0.05, 0.1) is 0 Å². The van der Waals surface area contributed by atoms with Crippen molar-refractivity contribution in [1.82, 2.24) is 4.90 Å². The van der Waals surface area contributed by atoms with E-state index >= 15 is 0 Å². The first kappa shape index (κ1) is 15.7. The van der Waals surface area contributed by atoms with E-state index in [9.17, 15) is 9.59 Å². The van der Waals surface area contributed by atoms with Gasteiger partial charge < -0.3 is 9.64 Å². The molecule has 1 fully saturated rings. The first-order valence-corrected chi connectivity index (χ1v) is 6.95. The molecule has 0 aliphatic carbocycles. The van der Waals surface area contributed by atoms with Crippen molar-refractivity contribution in [2.75, 3.05) is 13.1 Å². The molecular formula is C15H25NO3. The second kappa shape index (κ2) is 6.73.